The molecular weight excluding hydrogens is 435 g/mol. The van der Waals surface area contributed by atoms with Crippen LogP contribution in [0, 0.1) is 6.92 Å². The molecule has 0 bridgehead atoms. The summed E-state index contributed by atoms with van der Waals surface area (Å²) in [6, 6.07) is 5.93. The average molecular weight is 443 g/mol. The fraction of sp³-hybridized carbons (Fsp3) is 0.167. The summed E-state index contributed by atoms with van der Waals surface area (Å²) in [6.45, 7) is 2.04. The van der Waals surface area contributed by atoms with E-state index >= 15 is 0 Å². The van der Waals surface area contributed by atoms with Gasteiger partial charge in [0, 0.05) is 14.5 Å². The maximum atomic E-state index is 6.47. The van der Waals surface area contributed by atoms with Crippen molar-refractivity contribution in [3.8, 4) is 0 Å². The smallest absolute Gasteiger partial charge is 0.173 e. The van der Waals surface area contributed by atoms with Crippen LogP contribution in [-0.4, -0.2) is 0 Å². The highest BCUT2D eigenvalue weighted by Crippen LogP contribution is 2.39. The molecule has 0 aliphatic carbocycles. The maximum Gasteiger partial charge on any atom is 0.173 e. The molecule has 1 atom stereocenters. The second-order valence-electron chi connectivity index (χ2n) is 3.64. The van der Waals surface area contributed by atoms with Crippen LogP contribution in [0.5, 0.6) is 0 Å². The van der Waals surface area contributed by atoms with Gasteiger partial charge in [0.25, 0.3) is 0 Å². The lowest BCUT2D eigenvalue weighted by molar-refractivity contribution is 0.537. The van der Waals surface area contributed by atoms with Crippen LogP contribution in [-0.2, 0) is 0 Å². The quantitative estimate of drug-likeness (QED) is 0.504. The Hall–Kier alpha value is 0.230. The van der Waals surface area contributed by atoms with Gasteiger partial charge in [0.05, 0.1) is 11.6 Å². The summed E-state index contributed by atoms with van der Waals surface area (Å²) in [4.78, 5) is 0. The molecule has 0 N–H and O–H groups in total. The molecule has 2 rings (SSSR count). The molecule has 1 nitrogen and oxygen atoms in total. The number of hydrogen-bond donors (Lipinski definition) is 0. The summed E-state index contributed by atoms with van der Waals surface area (Å²) in [6.07, 6.45) is 1.62. The molecular formula is C12H8Br3ClO. The van der Waals surface area contributed by atoms with Gasteiger partial charge in [0.15, 0.2) is 4.67 Å². The molecule has 1 heterocycles. The second-order valence-corrected chi connectivity index (χ2v) is 6.50. The van der Waals surface area contributed by atoms with Gasteiger partial charge >= 0.3 is 0 Å². The van der Waals surface area contributed by atoms with Crippen LogP contribution in [0.3, 0.4) is 0 Å². The maximum absolute atomic E-state index is 6.47. The highest BCUT2D eigenvalue weighted by molar-refractivity contribution is 9.11. The molecule has 0 saturated heterocycles. The van der Waals surface area contributed by atoms with Crippen molar-refractivity contribution in [1.29, 1.82) is 0 Å². The Labute approximate surface area is 130 Å². The number of hydrogen-bond acceptors (Lipinski definition) is 1. The zero-order chi connectivity index (χ0) is 12.6. The lowest BCUT2D eigenvalue weighted by atomic mass is 10.1. The summed E-state index contributed by atoms with van der Waals surface area (Å²) in [5.74, 6) is 0. The molecule has 0 spiro atoms. The Balaban J connectivity index is 2.48. The van der Waals surface area contributed by atoms with E-state index in [0.717, 1.165) is 25.6 Å². The van der Waals surface area contributed by atoms with Crippen molar-refractivity contribution in [2.24, 2.45) is 0 Å². The largest absolute Gasteiger partial charge is 0.457 e. The number of halogens is 4. The van der Waals surface area contributed by atoms with Gasteiger partial charge in [0.2, 0.25) is 0 Å². The molecule has 1 aromatic heterocycles. The first-order valence-corrected chi connectivity index (χ1v) is 7.64. The van der Waals surface area contributed by atoms with Gasteiger partial charge in [0.1, 0.15) is 0 Å². The van der Waals surface area contributed by atoms with Crippen molar-refractivity contribution in [2.75, 3.05) is 0 Å². The van der Waals surface area contributed by atoms with Gasteiger partial charge < -0.3 is 4.42 Å². The third kappa shape index (κ3) is 2.80. The van der Waals surface area contributed by atoms with E-state index < -0.39 is 0 Å². The Bertz CT molecular complexity index is 551. The van der Waals surface area contributed by atoms with Gasteiger partial charge in [-0.2, -0.15) is 0 Å². The standard InChI is InChI=1S/C12H8Br3ClO/c1-6-4-10(14)8(5-9(6)13)11(16)7-2-3-17-12(7)15/h2-5,11H,1H3. The van der Waals surface area contributed by atoms with Gasteiger partial charge in [-0.1, -0.05) is 31.9 Å². The van der Waals surface area contributed by atoms with Gasteiger partial charge in [-0.25, -0.2) is 0 Å². The van der Waals surface area contributed by atoms with Crippen LogP contribution in [0.25, 0.3) is 0 Å². The second kappa shape index (κ2) is 5.47. The van der Waals surface area contributed by atoms with Crippen LogP contribution in [0.2, 0.25) is 0 Å². The SMILES string of the molecule is Cc1cc(Br)c(C(Cl)c2ccoc2Br)cc1Br. The normalized spacial score (nSPS) is 12.8. The zero-order valence-corrected chi connectivity index (χ0v) is 14.3. The minimum Gasteiger partial charge on any atom is -0.457 e. The first-order chi connectivity index (χ1) is 8.00. The van der Waals surface area contributed by atoms with Crippen LogP contribution >= 0.6 is 59.4 Å². The van der Waals surface area contributed by atoms with E-state index in [4.69, 9.17) is 16.0 Å². The lowest BCUT2D eigenvalue weighted by Crippen LogP contribution is -1.95. The van der Waals surface area contributed by atoms with E-state index in [2.05, 4.69) is 47.8 Å². The Morgan fingerprint density at radius 1 is 1.12 bits per heavy atom. The van der Waals surface area contributed by atoms with Crippen molar-refractivity contribution in [3.05, 3.63) is 54.8 Å². The number of furan rings is 1. The van der Waals surface area contributed by atoms with Crippen LogP contribution < -0.4 is 0 Å². The third-order valence-electron chi connectivity index (χ3n) is 2.47. The summed E-state index contributed by atoms with van der Waals surface area (Å²) in [5, 5.41) is -0.255. The molecule has 0 fully saturated rings. The highest BCUT2D eigenvalue weighted by atomic mass is 79.9. The predicted molar refractivity (Wildman–Crippen MR) is 80.7 cm³/mol. The average Bonchev–Trinajstić information content (AvgIpc) is 2.69. The summed E-state index contributed by atoms with van der Waals surface area (Å²) in [5.41, 5.74) is 3.09. The van der Waals surface area contributed by atoms with E-state index in [1.54, 1.807) is 6.26 Å². The van der Waals surface area contributed by atoms with Gasteiger partial charge in [-0.15, -0.1) is 11.6 Å². The first kappa shape index (κ1) is 13.7. The molecule has 0 saturated carbocycles. The highest BCUT2D eigenvalue weighted by Gasteiger charge is 2.19. The van der Waals surface area contributed by atoms with E-state index in [1.165, 1.54) is 0 Å². The van der Waals surface area contributed by atoms with Crippen molar-refractivity contribution >= 4 is 59.4 Å². The Morgan fingerprint density at radius 2 is 1.82 bits per heavy atom. The van der Waals surface area contributed by atoms with E-state index in [1.807, 2.05) is 25.1 Å². The zero-order valence-electron chi connectivity index (χ0n) is 8.81. The molecule has 0 aliphatic rings. The first-order valence-electron chi connectivity index (χ1n) is 4.83. The molecule has 17 heavy (non-hydrogen) atoms. The number of benzene rings is 1. The van der Waals surface area contributed by atoms with E-state index in [9.17, 15) is 0 Å². The predicted octanol–water partition coefficient (Wildman–Crippen LogP) is 6.20. The van der Waals surface area contributed by atoms with Crippen LogP contribution in [0.1, 0.15) is 22.1 Å². The minimum atomic E-state index is -0.255. The summed E-state index contributed by atoms with van der Waals surface area (Å²) in [7, 11) is 0. The summed E-state index contributed by atoms with van der Waals surface area (Å²) < 4.78 is 7.91. The summed E-state index contributed by atoms with van der Waals surface area (Å²) >= 11 is 16.9. The Kier molecular flexibility index (Phi) is 4.40. The molecule has 5 heteroatoms. The molecule has 0 amide bonds. The van der Waals surface area contributed by atoms with Crippen LogP contribution in [0.4, 0.5) is 0 Å². The van der Waals surface area contributed by atoms with Gasteiger partial charge in [-0.05, 0) is 52.2 Å². The molecule has 2 aromatic rings. The molecule has 1 aromatic carbocycles. The topological polar surface area (TPSA) is 13.1 Å². The Morgan fingerprint density at radius 3 is 2.41 bits per heavy atom. The van der Waals surface area contributed by atoms with E-state index in [-0.39, 0.29) is 5.38 Å². The third-order valence-corrected chi connectivity index (χ3v) is 5.13. The monoisotopic (exact) mass is 440 g/mol. The van der Waals surface area contributed by atoms with Crippen molar-refractivity contribution in [3.63, 3.8) is 0 Å². The fourth-order valence-corrected chi connectivity index (χ4v) is 3.64. The molecule has 0 radical (unpaired) electrons. The van der Waals surface area contributed by atoms with Crippen molar-refractivity contribution < 1.29 is 4.42 Å². The minimum absolute atomic E-state index is 0.255. The van der Waals surface area contributed by atoms with Gasteiger partial charge in [-0.3, -0.25) is 0 Å². The molecule has 0 aliphatic heterocycles. The molecule has 90 valence electrons. The van der Waals surface area contributed by atoms with Crippen molar-refractivity contribution in [1.82, 2.24) is 0 Å². The van der Waals surface area contributed by atoms with Crippen LogP contribution in [0.15, 0.2) is 42.5 Å². The number of aryl methyl sites for hydroxylation is 1. The number of rotatable bonds is 2. The molecule has 1 unspecified atom stereocenters. The van der Waals surface area contributed by atoms with Crippen molar-refractivity contribution in [2.45, 2.75) is 12.3 Å². The van der Waals surface area contributed by atoms with E-state index in [0.29, 0.717) is 4.67 Å². The lowest BCUT2D eigenvalue weighted by Gasteiger charge is -2.12. The fourth-order valence-electron chi connectivity index (χ4n) is 1.51. The number of alkyl halides is 1.